The lowest BCUT2D eigenvalue weighted by Crippen LogP contribution is -2.07. The molecule has 0 atom stereocenters. The number of aryl methyl sites for hydroxylation is 1. The van der Waals surface area contributed by atoms with Gasteiger partial charge in [0, 0.05) is 17.5 Å². The molecule has 0 fully saturated rings. The van der Waals surface area contributed by atoms with Gasteiger partial charge in [0.2, 0.25) is 5.91 Å². The van der Waals surface area contributed by atoms with Gasteiger partial charge in [-0.15, -0.1) is 0 Å². The minimum atomic E-state index is -0.110. The molecule has 1 amide bonds. The topological polar surface area (TPSA) is 57.8 Å². The third-order valence-electron chi connectivity index (χ3n) is 2.61. The minimum Gasteiger partial charge on any atom is -0.323 e. The molecule has 0 saturated carbocycles. The highest BCUT2D eigenvalue weighted by Crippen LogP contribution is 2.29. The van der Waals surface area contributed by atoms with Crippen LogP contribution in [-0.4, -0.2) is 16.1 Å². The molecule has 1 aromatic carbocycles. The second-order valence-electron chi connectivity index (χ2n) is 3.97. The average molecular weight is 264 g/mol. The highest BCUT2D eigenvalue weighted by atomic mass is 35.5. The smallest absolute Gasteiger partial charge is 0.221 e. The van der Waals surface area contributed by atoms with Crippen molar-refractivity contribution < 1.29 is 4.79 Å². The number of hydrogen-bond acceptors (Lipinski definition) is 2. The van der Waals surface area contributed by atoms with Gasteiger partial charge in [0.05, 0.1) is 11.4 Å². The zero-order valence-electron chi connectivity index (χ0n) is 10.2. The summed E-state index contributed by atoms with van der Waals surface area (Å²) in [5.74, 6) is -0.110. The molecule has 2 N–H and O–H groups in total. The van der Waals surface area contributed by atoms with Crippen LogP contribution in [0, 0.1) is 0 Å². The van der Waals surface area contributed by atoms with Crippen LogP contribution < -0.4 is 5.32 Å². The van der Waals surface area contributed by atoms with Gasteiger partial charge < -0.3 is 5.32 Å². The maximum atomic E-state index is 11.2. The molecule has 18 heavy (non-hydrogen) atoms. The van der Waals surface area contributed by atoms with E-state index in [-0.39, 0.29) is 5.91 Å². The number of halogens is 1. The van der Waals surface area contributed by atoms with Crippen LogP contribution in [0.1, 0.15) is 19.5 Å². The van der Waals surface area contributed by atoms with Gasteiger partial charge in [-0.25, -0.2) is 0 Å². The van der Waals surface area contributed by atoms with E-state index in [0.29, 0.717) is 5.02 Å². The van der Waals surface area contributed by atoms with Gasteiger partial charge in [-0.05, 0) is 18.6 Å². The molecule has 0 radical (unpaired) electrons. The highest BCUT2D eigenvalue weighted by Gasteiger charge is 2.14. The second-order valence-corrected chi connectivity index (χ2v) is 4.40. The van der Waals surface area contributed by atoms with E-state index in [4.69, 9.17) is 11.6 Å². The molecule has 4 nitrogen and oxygen atoms in total. The van der Waals surface area contributed by atoms with Crippen LogP contribution >= 0.6 is 11.6 Å². The number of aromatic amines is 1. The fourth-order valence-electron chi connectivity index (χ4n) is 1.76. The lowest BCUT2D eigenvalue weighted by molar-refractivity contribution is -0.114. The Hall–Kier alpha value is -1.81. The number of hydrogen-bond donors (Lipinski definition) is 2. The van der Waals surface area contributed by atoms with Crippen molar-refractivity contribution in [3.63, 3.8) is 0 Å². The Morgan fingerprint density at radius 3 is 2.61 bits per heavy atom. The monoisotopic (exact) mass is 263 g/mol. The lowest BCUT2D eigenvalue weighted by atomic mass is 10.1. The molecule has 0 aliphatic heterocycles. The maximum absolute atomic E-state index is 11.2. The first-order valence-electron chi connectivity index (χ1n) is 5.72. The molecule has 1 heterocycles. The van der Waals surface area contributed by atoms with Crippen molar-refractivity contribution in [3.8, 4) is 11.3 Å². The van der Waals surface area contributed by atoms with Crippen LogP contribution in [-0.2, 0) is 11.2 Å². The van der Waals surface area contributed by atoms with E-state index in [9.17, 15) is 4.79 Å². The molecule has 0 aliphatic rings. The second kappa shape index (κ2) is 5.23. The molecule has 0 aliphatic carbocycles. The van der Waals surface area contributed by atoms with E-state index < -0.39 is 0 Å². The number of carbonyl (C=O) groups excluding carboxylic acids is 1. The first kappa shape index (κ1) is 12.6. The number of amides is 1. The molecule has 2 aromatic rings. The van der Waals surface area contributed by atoms with Crippen molar-refractivity contribution in [3.05, 3.63) is 35.0 Å². The molecular formula is C13H14ClN3O. The standard InChI is InChI=1S/C13H14ClN3O/c1-3-11-13(15-8(2)18)12(17-16-11)9-4-6-10(14)7-5-9/h4-7H,3H2,1-2H3,(H,15,18)(H,16,17). The number of H-pyrrole nitrogens is 1. The predicted molar refractivity (Wildman–Crippen MR) is 72.7 cm³/mol. The normalized spacial score (nSPS) is 10.4. The van der Waals surface area contributed by atoms with Crippen LogP contribution in [0.2, 0.25) is 5.02 Å². The predicted octanol–water partition coefficient (Wildman–Crippen LogP) is 3.25. The SMILES string of the molecule is CCc1[nH]nc(-c2ccc(Cl)cc2)c1NC(C)=O. The van der Waals surface area contributed by atoms with E-state index in [1.165, 1.54) is 6.92 Å². The van der Waals surface area contributed by atoms with E-state index in [0.717, 1.165) is 29.1 Å². The Labute approximate surface area is 110 Å². The van der Waals surface area contributed by atoms with E-state index >= 15 is 0 Å². The number of rotatable bonds is 3. The van der Waals surface area contributed by atoms with Gasteiger partial charge in [-0.2, -0.15) is 5.10 Å². The van der Waals surface area contributed by atoms with Gasteiger partial charge in [0.25, 0.3) is 0 Å². The van der Waals surface area contributed by atoms with Crippen molar-refractivity contribution >= 4 is 23.2 Å². The summed E-state index contributed by atoms with van der Waals surface area (Å²) >= 11 is 5.86. The Balaban J connectivity index is 2.46. The zero-order chi connectivity index (χ0) is 13.1. The van der Waals surface area contributed by atoms with Gasteiger partial charge in [0.1, 0.15) is 5.69 Å². The summed E-state index contributed by atoms with van der Waals surface area (Å²) in [5.41, 5.74) is 3.31. The molecular weight excluding hydrogens is 250 g/mol. The van der Waals surface area contributed by atoms with Gasteiger partial charge in [-0.1, -0.05) is 30.7 Å². The molecule has 2 rings (SSSR count). The van der Waals surface area contributed by atoms with E-state index in [1.807, 2.05) is 19.1 Å². The van der Waals surface area contributed by atoms with Crippen LogP contribution in [0.4, 0.5) is 5.69 Å². The summed E-state index contributed by atoms with van der Waals surface area (Å²) in [7, 11) is 0. The van der Waals surface area contributed by atoms with Crippen LogP contribution in [0.15, 0.2) is 24.3 Å². The molecule has 0 unspecified atom stereocenters. The summed E-state index contributed by atoms with van der Waals surface area (Å²) in [4.78, 5) is 11.2. The van der Waals surface area contributed by atoms with Gasteiger partial charge in [-0.3, -0.25) is 9.89 Å². The maximum Gasteiger partial charge on any atom is 0.221 e. The van der Waals surface area contributed by atoms with Crippen molar-refractivity contribution in [2.75, 3.05) is 5.32 Å². The molecule has 1 aromatic heterocycles. The number of anilines is 1. The van der Waals surface area contributed by atoms with E-state index in [1.54, 1.807) is 12.1 Å². The van der Waals surface area contributed by atoms with Crippen LogP contribution in [0.5, 0.6) is 0 Å². The lowest BCUT2D eigenvalue weighted by Gasteiger charge is -2.05. The number of nitrogens with one attached hydrogen (secondary N) is 2. The van der Waals surface area contributed by atoms with Crippen LogP contribution in [0.25, 0.3) is 11.3 Å². The summed E-state index contributed by atoms with van der Waals surface area (Å²) < 4.78 is 0. The van der Waals surface area contributed by atoms with E-state index in [2.05, 4.69) is 15.5 Å². The molecule has 94 valence electrons. The molecule has 5 heteroatoms. The average Bonchev–Trinajstić information content (AvgIpc) is 2.72. The largest absolute Gasteiger partial charge is 0.323 e. The fourth-order valence-corrected chi connectivity index (χ4v) is 1.89. The Morgan fingerprint density at radius 1 is 1.39 bits per heavy atom. The van der Waals surface area contributed by atoms with Gasteiger partial charge in [0.15, 0.2) is 0 Å². The number of nitrogens with zero attached hydrogens (tertiary/aromatic N) is 1. The molecule has 0 saturated heterocycles. The number of aromatic nitrogens is 2. The van der Waals surface area contributed by atoms with Crippen molar-refractivity contribution in [1.82, 2.24) is 10.2 Å². The Morgan fingerprint density at radius 2 is 2.06 bits per heavy atom. The Bertz CT molecular complexity index is 560. The summed E-state index contributed by atoms with van der Waals surface area (Å²) in [6.07, 6.45) is 0.774. The number of benzene rings is 1. The van der Waals surface area contributed by atoms with Crippen LogP contribution in [0.3, 0.4) is 0 Å². The van der Waals surface area contributed by atoms with Crippen molar-refractivity contribution in [1.29, 1.82) is 0 Å². The van der Waals surface area contributed by atoms with Crippen molar-refractivity contribution in [2.45, 2.75) is 20.3 Å². The summed E-state index contributed by atoms with van der Waals surface area (Å²) in [6.45, 7) is 3.49. The first-order chi connectivity index (χ1) is 8.61. The van der Waals surface area contributed by atoms with Crippen molar-refractivity contribution in [2.24, 2.45) is 0 Å². The summed E-state index contributed by atoms with van der Waals surface area (Å²) in [6, 6.07) is 7.36. The third kappa shape index (κ3) is 2.54. The molecule has 0 spiro atoms. The Kier molecular flexibility index (Phi) is 3.67. The first-order valence-corrected chi connectivity index (χ1v) is 6.10. The quantitative estimate of drug-likeness (QED) is 0.893. The zero-order valence-corrected chi connectivity index (χ0v) is 11.0. The molecule has 0 bridgehead atoms. The fraction of sp³-hybridized carbons (Fsp3) is 0.231. The highest BCUT2D eigenvalue weighted by molar-refractivity contribution is 6.30. The summed E-state index contributed by atoms with van der Waals surface area (Å²) in [5, 5.41) is 10.7. The van der Waals surface area contributed by atoms with Gasteiger partial charge >= 0.3 is 0 Å². The minimum absolute atomic E-state index is 0.110. The number of carbonyl (C=O) groups is 1. The third-order valence-corrected chi connectivity index (χ3v) is 2.87.